The van der Waals surface area contributed by atoms with E-state index in [1.54, 1.807) is 31.2 Å². The van der Waals surface area contributed by atoms with E-state index in [2.05, 4.69) is 20.7 Å². The van der Waals surface area contributed by atoms with Crippen molar-refractivity contribution in [2.24, 2.45) is 5.73 Å². The van der Waals surface area contributed by atoms with Gasteiger partial charge in [0.2, 0.25) is 0 Å². The van der Waals surface area contributed by atoms with Gasteiger partial charge in [0.05, 0.1) is 0 Å². The zero-order valence-corrected chi connectivity index (χ0v) is 9.77. The molecule has 0 aliphatic carbocycles. The maximum absolute atomic E-state index is 10.5. The van der Waals surface area contributed by atoms with E-state index in [-0.39, 0.29) is 0 Å². The van der Waals surface area contributed by atoms with Gasteiger partial charge in [0, 0.05) is 4.47 Å². The van der Waals surface area contributed by atoms with Crippen molar-refractivity contribution in [2.45, 2.75) is 19.1 Å². The Morgan fingerprint density at radius 2 is 2.00 bits per heavy atom. The van der Waals surface area contributed by atoms with Crippen LogP contribution < -0.4 is 5.73 Å². The fraction of sp³-hybridized carbons (Fsp3) is 0.300. The Hall–Kier alpha value is -1.07. The zero-order chi connectivity index (χ0) is 11.4. The maximum atomic E-state index is 10.5. The van der Waals surface area contributed by atoms with Crippen LogP contribution in [0.2, 0.25) is 0 Å². The first-order chi connectivity index (χ1) is 7.00. The largest absolute Gasteiger partial charge is 0.444 e. The molecule has 0 unspecified atom stereocenters. The summed E-state index contributed by atoms with van der Waals surface area (Å²) in [6, 6.07) is 7.09. The number of carbonyl (C=O) groups is 1. The second-order valence-corrected chi connectivity index (χ2v) is 4.05. The molecule has 0 radical (unpaired) electrons. The summed E-state index contributed by atoms with van der Waals surface area (Å²) >= 11 is 3.28. The molecule has 0 aliphatic rings. The summed E-state index contributed by atoms with van der Waals surface area (Å²) < 4.78 is 5.59. The summed E-state index contributed by atoms with van der Waals surface area (Å²) in [4.78, 5) is 10.5. The molecule has 5 heteroatoms. The van der Waals surface area contributed by atoms with Crippen LogP contribution in [0.1, 0.15) is 18.6 Å². The van der Waals surface area contributed by atoms with Gasteiger partial charge in [-0.1, -0.05) is 28.1 Å². The first-order valence-electron chi connectivity index (χ1n) is 4.40. The number of nitrogens with two attached hydrogens (primary N) is 1. The summed E-state index contributed by atoms with van der Waals surface area (Å²) in [6.45, 7) is 1.58. The quantitative estimate of drug-likeness (QED) is 0.885. The van der Waals surface area contributed by atoms with Gasteiger partial charge >= 0.3 is 6.09 Å². The van der Waals surface area contributed by atoms with Crippen molar-refractivity contribution < 1.29 is 14.6 Å². The molecule has 1 rings (SSSR count). The zero-order valence-electron chi connectivity index (χ0n) is 8.18. The summed E-state index contributed by atoms with van der Waals surface area (Å²) in [5.41, 5.74) is 5.53. The minimum atomic E-state index is -0.890. The number of aliphatic hydroxyl groups excluding tert-OH is 1. The van der Waals surface area contributed by atoms with Gasteiger partial charge in [-0.05, 0) is 24.6 Å². The Balaban J connectivity index is 2.71. The SMILES string of the molecule is C[C@H](OC(N)=O)[C@@H](O)c1ccc(Br)cc1. The molecule has 0 saturated carbocycles. The molecule has 0 aliphatic heterocycles. The predicted octanol–water partition coefficient (Wildman–Crippen LogP) is 1.97. The van der Waals surface area contributed by atoms with Gasteiger partial charge in [0.15, 0.2) is 0 Å². The third kappa shape index (κ3) is 3.53. The van der Waals surface area contributed by atoms with Crippen molar-refractivity contribution >= 4 is 22.0 Å². The third-order valence-corrected chi connectivity index (χ3v) is 2.49. The number of benzene rings is 1. The molecule has 2 atom stereocenters. The normalized spacial score (nSPS) is 14.3. The lowest BCUT2D eigenvalue weighted by molar-refractivity contribution is 0.0158. The number of primary amides is 1. The van der Waals surface area contributed by atoms with E-state index >= 15 is 0 Å². The number of halogens is 1. The highest BCUT2D eigenvalue weighted by atomic mass is 79.9. The molecule has 0 spiro atoms. The van der Waals surface area contributed by atoms with Gasteiger partial charge in [-0.2, -0.15) is 0 Å². The Morgan fingerprint density at radius 1 is 1.47 bits per heavy atom. The van der Waals surface area contributed by atoms with E-state index in [4.69, 9.17) is 5.73 Å². The number of carbonyl (C=O) groups excluding carboxylic acids is 1. The second kappa shape index (κ2) is 5.14. The second-order valence-electron chi connectivity index (χ2n) is 3.14. The van der Waals surface area contributed by atoms with E-state index < -0.39 is 18.3 Å². The van der Waals surface area contributed by atoms with E-state index in [0.29, 0.717) is 5.56 Å². The van der Waals surface area contributed by atoms with Crippen LogP contribution in [0.15, 0.2) is 28.7 Å². The lowest BCUT2D eigenvalue weighted by Crippen LogP contribution is -2.25. The van der Waals surface area contributed by atoms with E-state index in [1.807, 2.05) is 0 Å². The van der Waals surface area contributed by atoms with Crippen molar-refractivity contribution in [1.82, 2.24) is 0 Å². The molecule has 15 heavy (non-hydrogen) atoms. The predicted molar refractivity (Wildman–Crippen MR) is 59.2 cm³/mol. The molecule has 1 amide bonds. The third-order valence-electron chi connectivity index (χ3n) is 1.96. The Labute approximate surface area is 96.2 Å². The van der Waals surface area contributed by atoms with Gasteiger partial charge in [-0.25, -0.2) is 4.79 Å². The van der Waals surface area contributed by atoms with Crippen molar-refractivity contribution in [1.29, 1.82) is 0 Å². The summed E-state index contributed by atoms with van der Waals surface area (Å²) in [7, 11) is 0. The van der Waals surface area contributed by atoms with Crippen LogP contribution in [0, 0.1) is 0 Å². The van der Waals surface area contributed by atoms with Gasteiger partial charge in [0.1, 0.15) is 12.2 Å². The first kappa shape index (κ1) is 12.0. The Bertz CT molecular complexity index is 339. The number of hydrogen-bond donors (Lipinski definition) is 2. The minimum absolute atomic E-state index is 0.663. The van der Waals surface area contributed by atoms with Crippen LogP contribution in [-0.4, -0.2) is 17.3 Å². The topological polar surface area (TPSA) is 72.5 Å². The summed E-state index contributed by atoms with van der Waals surface area (Å²) in [6.07, 6.45) is -2.42. The van der Waals surface area contributed by atoms with E-state index in [1.165, 1.54) is 0 Å². The van der Waals surface area contributed by atoms with Crippen molar-refractivity contribution in [3.8, 4) is 0 Å². The molecule has 0 saturated heterocycles. The summed E-state index contributed by atoms with van der Waals surface area (Å²) in [5.74, 6) is 0. The highest BCUT2D eigenvalue weighted by molar-refractivity contribution is 9.10. The van der Waals surface area contributed by atoms with Gasteiger partial charge in [0.25, 0.3) is 0 Å². The Morgan fingerprint density at radius 3 is 2.47 bits per heavy atom. The summed E-state index contributed by atoms with van der Waals surface area (Å²) in [5, 5.41) is 9.78. The van der Waals surface area contributed by atoms with Gasteiger partial charge < -0.3 is 15.6 Å². The van der Waals surface area contributed by atoms with E-state index in [0.717, 1.165) is 4.47 Å². The maximum Gasteiger partial charge on any atom is 0.404 e. The average Bonchev–Trinajstić information content (AvgIpc) is 2.17. The standard InChI is InChI=1S/C10H12BrNO3/c1-6(15-10(12)14)9(13)7-2-4-8(11)5-3-7/h2-6,9,13H,1H3,(H2,12,14)/t6-,9+/m0/s1. The Kier molecular flexibility index (Phi) is 4.11. The van der Waals surface area contributed by atoms with Crippen molar-refractivity contribution in [3.05, 3.63) is 34.3 Å². The molecule has 1 aromatic carbocycles. The molecule has 0 aromatic heterocycles. The van der Waals surface area contributed by atoms with Crippen LogP contribution in [-0.2, 0) is 4.74 Å². The molecule has 3 N–H and O–H groups in total. The molecule has 4 nitrogen and oxygen atoms in total. The van der Waals surface area contributed by atoms with Crippen LogP contribution >= 0.6 is 15.9 Å². The van der Waals surface area contributed by atoms with Crippen LogP contribution in [0.25, 0.3) is 0 Å². The molecule has 0 heterocycles. The number of aliphatic hydroxyl groups is 1. The molecule has 1 aromatic rings. The molecular formula is C10H12BrNO3. The molecule has 0 fully saturated rings. The highest BCUT2D eigenvalue weighted by Gasteiger charge is 2.18. The van der Waals surface area contributed by atoms with Gasteiger partial charge in [-0.15, -0.1) is 0 Å². The van der Waals surface area contributed by atoms with Crippen molar-refractivity contribution in [2.75, 3.05) is 0 Å². The lowest BCUT2D eigenvalue weighted by Gasteiger charge is -2.18. The van der Waals surface area contributed by atoms with Crippen LogP contribution in [0.5, 0.6) is 0 Å². The first-order valence-corrected chi connectivity index (χ1v) is 5.19. The molecule has 0 bridgehead atoms. The monoisotopic (exact) mass is 273 g/mol. The van der Waals surface area contributed by atoms with Gasteiger partial charge in [-0.3, -0.25) is 0 Å². The number of hydrogen-bond acceptors (Lipinski definition) is 3. The van der Waals surface area contributed by atoms with Crippen LogP contribution in [0.4, 0.5) is 4.79 Å². The van der Waals surface area contributed by atoms with Crippen molar-refractivity contribution in [3.63, 3.8) is 0 Å². The van der Waals surface area contributed by atoms with E-state index in [9.17, 15) is 9.90 Å². The number of rotatable bonds is 3. The smallest absolute Gasteiger partial charge is 0.404 e. The molecular weight excluding hydrogens is 262 g/mol. The lowest BCUT2D eigenvalue weighted by atomic mass is 10.1. The number of ether oxygens (including phenoxy) is 1. The molecule has 82 valence electrons. The van der Waals surface area contributed by atoms with Crippen LogP contribution in [0.3, 0.4) is 0 Å². The fourth-order valence-electron chi connectivity index (χ4n) is 1.18. The highest BCUT2D eigenvalue weighted by Crippen LogP contribution is 2.21. The average molecular weight is 274 g/mol. The fourth-order valence-corrected chi connectivity index (χ4v) is 1.44. The minimum Gasteiger partial charge on any atom is -0.444 e. The number of amides is 1.